The maximum absolute atomic E-state index is 12.6. The Hall–Kier alpha value is -1.71. The van der Waals surface area contributed by atoms with Gasteiger partial charge in [0.2, 0.25) is 10.0 Å². The van der Waals surface area contributed by atoms with Gasteiger partial charge in [-0.05, 0) is 26.0 Å². The van der Waals surface area contributed by atoms with Gasteiger partial charge in [-0.2, -0.15) is 4.31 Å². The third-order valence-corrected chi connectivity index (χ3v) is 4.98. The van der Waals surface area contributed by atoms with Crippen LogP contribution >= 0.6 is 0 Å². The molecule has 0 aliphatic rings. The predicted molar refractivity (Wildman–Crippen MR) is 75.6 cm³/mol. The number of hydrogen-bond donors (Lipinski definition) is 2. The Balaban J connectivity index is 3.53. The Morgan fingerprint density at radius 1 is 1.45 bits per heavy atom. The number of nitro benzene ring substituents is 1. The summed E-state index contributed by atoms with van der Waals surface area (Å²) in [6.45, 7) is 5.31. The predicted octanol–water partition coefficient (Wildman–Crippen LogP) is 1.30. The van der Waals surface area contributed by atoms with Gasteiger partial charge >= 0.3 is 0 Å². The Bertz CT molecular complexity index is 600. The molecule has 3 N–H and O–H groups in total. The van der Waals surface area contributed by atoms with Gasteiger partial charge < -0.3 is 5.43 Å². The lowest BCUT2D eigenvalue weighted by Crippen LogP contribution is -2.37. The first-order chi connectivity index (χ1) is 9.25. The molecule has 8 nitrogen and oxygen atoms in total. The van der Waals surface area contributed by atoms with Gasteiger partial charge in [-0.3, -0.25) is 16.0 Å². The third kappa shape index (κ3) is 3.06. The van der Waals surface area contributed by atoms with Crippen LogP contribution in [-0.4, -0.2) is 30.2 Å². The third-order valence-electron chi connectivity index (χ3n) is 2.80. The number of hydrazine groups is 1. The van der Waals surface area contributed by atoms with Crippen LogP contribution in [0.2, 0.25) is 0 Å². The molecule has 0 aliphatic heterocycles. The second kappa shape index (κ2) is 6.16. The SMILES string of the molecule is CCN(C(C)C)S(=O)(=O)c1cc(NN)ccc1[N+](=O)[O-]. The van der Waals surface area contributed by atoms with Crippen molar-refractivity contribution in [2.45, 2.75) is 31.7 Å². The Kier molecular flexibility index (Phi) is 5.03. The van der Waals surface area contributed by atoms with E-state index in [1.807, 2.05) is 0 Å². The summed E-state index contributed by atoms with van der Waals surface area (Å²) in [6.07, 6.45) is 0. The topological polar surface area (TPSA) is 119 Å². The molecule has 0 bridgehead atoms. The Morgan fingerprint density at radius 2 is 2.05 bits per heavy atom. The minimum atomic E-state index is -3.96. The van der Waals surface area contributed by atoms with Gasteiger partial charge in [0.15, 0.2) is 4.90 Å². The summed E-state index contributed by atoms with van der Waals surface area (Å²) < 4.78 is 26.3. The van der Waals surface area contributed by atoms with Gasteiger partial charge in [0.25, 0.3) is 5.69 Å². The molecule has 0 aromatic heterocycles. The van der Waals surface area contributed by atoms with Crippen LogP contribution in [0.15, 0.2) is 23.1 Å². The van der Waals surface area contributed by atoms with Crippen molar-refractivity contribution in [1.29, 1.82) is 0 Å². The van der Waals surface area contributed by atoms with Gasteiger partial charge in [0, 0.05) is 18.7 Å². The number of rotatable bonds is 6. The molecule has 0 atom stereocenters. The van der Waals surface area contributed by atoms with E-state index in [1.54, 1.807) is 20.8 Å². The standard InChI is InChI=1S/C11H18N4O4S/c1-4-14(8(2)3)20(18,19)11-7-9(13-12)5-6-10(11)15(16)17/h5-8,13H,4,12H2,1-3H3. The van der Waals surface area contributed by atoms with E-state index in [2.05, 4.69) is 5.43 Å². The molecule has 0 aliphatic carbocycles. The average molecular weight is 302 g/mol. The van der Waals surface area contributed by atoms with E-state index in [-0.39, 0.29) is 23.2 Å². The molecule has 0 amide bonds. The van der Waals surface area contributed by atoms with Gasteiger partial charge in [-0.25, -0.2) is 8.42 Å². The highest BCUT2D eigenvalue weighted by Crippen LogP contribution is 2.30. The van der Waals surface area contributed by atoms with Crippen LogP contribution in [0.25, 0.3) is 0 Å². The number of sulfonamides is 1. The maximum atomic E-state index is 12.6. The highest BCUT2D eigenvalue weighted by molar-refractivity contribution is 7.89. The van der Waals surface area contributed by atoms with E-state index in [0.717, 1.165) is 6.07 Å². The second-order valence-corrected chi connectivity index (χ2v) is 6.25. The van der Waals surface area contributed by atoms with E-state index in [0.29, 0.717) is 0 Å². The van der Waals surface area contributed by atoms with Crippen LogP contribution in [0.5, 0.6) is 0 Å². The molecule has 112 valence electrons. The lowest BCUT2D eigenvalue weighted by molar-refractivity contribution is -0.387. The molecule has 1 aromatic carbocycles. The number of hydrogen-bond acceptors (Lipinski definition) is 6. The fourth-order valence-corrected chi connectivity index (χ4v) is 3.73. The molecule has 0 saturated heterocycles. The van der Waals surface area contributed by atoms with E-state index < -0.39 is 20.6 Å². The quantitative estimate of drug-likeness (QED) is 0.464. The number of nitro groups is 1. The average Bonchev–Trinajstić information content (AvgIpc) is 2.37. The summed E-state index contributed by atoms with van der Waals surface area (Å²) in [4.78, 5) is 9.93. The first kappa shape index (κ1) is 16.3. The fraction of sp³-hybridized carbons (Fsp3) is 0.455. The lowest BCUT2D eigenvalue weighted by atomic mass is 10.3. The molecule has 0 saturated carbocycles. The molecule has 0 radical (unpaired) electrons. The molecule has 0 spiro atoms. The van der Waals surface area contributed by atoms with Crippen molar-refractivity contribution >= 4 is 21.4 Å². The van der Waals surface area contributed by atoms with E-state index in [9.17, 15) is 18.5 Å². The van der Waals surface area contributed by atoms with E-state index in [4.69, 9.17) is 5.84 Å². The van der Waals surface area contributed by atoms with Crippen molar-refractivity contribution in [3.05, 3.63) is 28.3 Å². The molecule has 1 aromatic rings. The largest absolute Gasteiger partial charge is 0.324 e. The highest BCUT2D eigenvalue weighted by Gasteiger charge is 2.32. The molecule has 0 unspecified atom stereocenters. The molecule has 20 heavy (non-hydrogen) atoms. The highest BCUT2D eigenvalue weighted by atomic mass is 32.2. The minimum Gasteiger partial charge on any atom is -0.324 e. The van der Waals surface area contributed by atoms with Crippen molar-refractivity contribution in [2.75, 3.05) is 12.0 Å². The summed E-state index contributed by atoms with van der Waals surface area (Å²) in [5, 5.41) is 11.0. The van der Waals surface area contributed by atoms with Crippen LogP contribution in [0.4, 0.5) is 11.4 Å². The normalized spacial score (nSPS) is 11.9. The first-order valence-electron chi connectivity index (χ1n) is 6.02. The minimum absolute atomic E-state index is 0.220. The summed E-state index contributed by atoms with van der Waals surface area (Å²) >= 11 is 0. The Morgan fingerprint density at radius 3 is 2.45 bits per heavy atom. The van der Waals surface area contributed by atoms with Gasteiger partial charge in [0.1, 0.15) is 0 Å². The summed E-state index contributed by atoms with van der Waals surface area (Å²) in [5.41, 5.74) is 2.10. The summed E-state index contributed by atoms with van der Waals surface area (Å²) in [6, 6.07) is 3.33. The fourth-order valence-electron chi connectivity index (χ4n) is 1.90. The number of nitrogen functional groups attached to an aromatic ring is 1. The first-order valence-corrected chi connectivity index (χ1v) is 7.46. The van der Waals surface area contributed by atoms with Crippen LogP contribution in [0.3, 0.4) is 0 Å². The maximum Gasteiger partial charge on any atom is 0.289 e. The summed E-state index contributed by atoms with van der Waals surface area (Å²) in [7, 11) is -3.96. The molecule has 9 heteroatoms. The second-order valence-electron chi connectivity index (χ2n) is 4.39. The number of anilines is 1. The van der Waals surface area contributed by atoms with Crippen LogP contribution in [0.1, 0.15) is 20.8 Å². The number of nitrogens with two attached hydrogens (primary N) is 1. The van der Waals surface area contributed by atoms with Crippen LogP contribution in [-0.2, 0) is 10.0 Å². The summed E-state index contributed by atoms with van der Waals surface area (Å²) in [5.74, 6) is 5.23. The van der Waals surface area contributed by atoms with Gasteiger partial charge in [0.05, 0.1) is 10.6 Å². The van der Waals surface area contributed by atoms with Crippen molar-refractivity contribution in [3.63, 3.8) is 0 Å². The zero-order valence-electron chi connectivity index (χ0n) is 11.5. The number of nitrogens with one attached hydrogen (secondary N) is 1. The zero-order valence-corrected chi connectivity index (χ0v) is 12.3. The van der Waals surface area contributed by atoms with Gasteiger partial charge in [-0.1, -0.05) is 6.92 Å². The van der Waals surface area contributed by atoms with Crippen molar-refractivity contribution in [3.8, 4) is 0 Å². The molecular weight excluding hydrogens is 284 g/mol. The van der Waals surface area contributed by atoms with Gasteiger partial charge in [-0.15, -0.1) is 0 Å². The van der Waals surface area contributed by atoms with Crippen LogP contribution in [0, 0.1) is 10.1 Å². The monoisotopic (exact) mass is 302 g/mol. The molecule has 0 fully saturated rings. The van der Waals surface area contributed by atoms with Crippen molar-refractivity contribution in [2.24, 2.45) is 5.84 Å². The molecule has 1 rings (SSSR count). The van der Waals surface area contributed by atoms with Crippen molar-refractivity contribution in [1.82, 2.24) is 4.31 Å². The Labute approximate surface area is 117 Å². The number of nitrogens with zero attached hydrogens (tertiary/aromatic N) is 2. The number of benzene rings is 1. The zero-order chi connectivity index (χ0) is 15.5. The van der Waals surface area contributed by atoms with Crippen LogP contribution < -0.4 is 11.3 Å². The smallest absolute Gasteiger partial charge is 0.289 e. The molecular formula is C11H18N4O4S. The lowest BCUT2D eigenvalue weighted by Gasteiger charge is -2.24. The van der Waals surface area contributed by atoms with E-state index >= 15 is 0 Å². The molecule has 0 heterocycles. The van der Waals surface area contributed by atoms with E-state index in [1.165, 1.54) is 16.4 Å². The van der Waals surface area contributed by atoms with Crippen molar-refractivity contribution < 1.29 is 13.3 Å².